The topological polar surface area (TPSA) is 49.8 Å². The molecule has 1 aromatic heterocycles. The molecular formula is C10H7FN2S. The van der Waals surface area contributed by atoms with E-state index in [2.05, 4.69) is 0 Å². The van der Waals surface area contributed by atoms with Crippen LogP contribution in [0.25, 0.3) is 10.1 Å². The van der Waals surface area contributed by atoms with Gasteiger partial charge in [0.05, 0.1) is 12.5 Å². The Labute approximate surface area is 84.4 Å². The lowest BCUT2D eigenvalue weighted by atomic mass is 10.1. The number of hydrogen-bond donors (Lipinski definition) is 1. The Morgan fingerprint density at radius 3 is 3.00 bits per heavy atom. The number of nitrogen functional groups attached to an aromatic ring is 1. The summed E-state index contributed by atoms with van der Waals surface area (Å²) in [5.74, 6) is -0.289. The minimum Gasteiger partial charge on any atom is -0.398 e. The molecule has 0 bridgehead atoms. The van der Waals surface area contributed by atoms with Gasteiger partial charge < -0.3 is 5.73 Å². The van der Waals surface area contributed by atoms with Crippen LogP contribution in [-0.2, 0) is 6.42 Å². The first-order chi connectivity index (χ1) is 6.74. The lowest BCUT2D eigenvalue weighted by Crippen LogP contribution is -1.94. The van der Waals surface area contributed by atoms with Gasteiger partial charge in [-0.3, -0.25) is 0 Å². The van der Waals surface area contributed by atoms with Crippen molar-refractivity contribution in [3.63, 3.8) is 0 Å². The zero-order valence-electron chi connectivity index (χ0n) is 7.25. The molecule has 0 saturated carbocycles. The molecule has 0 fully saturated rings. The average Bonchev–Trinajstić information content (AvgIpc) is 2.53. The first-order valence-corrected chi connectivity index (χ1v) is 4.93. The maximum atomic E-state index is 13.4. The second kappa shape index (κ2) is 3.28. The van der Waals surface area contributed by atoms with Crippen LogP contribution in [-0.4, -0.2) is 0 Å². The maximum absolute atomic E-state index is 13.4. The van der Waals surface area contributed by atoms with Crippen LogP contribution in [0.1, 0.15) is 5.56 Å². The number of benzene rings is 1. The SMILES string of the molecule is N#CCc1c(N)ccc2scc(F)c12. The van der Waals surface area contributed by atoms with Crippen LogP contribution >= 0.6 is 11.3 Å². The predicted octanol–water partition coefficient (Wildman–Crippen LogP) is 2.69. The van der Waals surface area contributed by atoms with Gasteiger partial charge in [-0.1, -0.05) is 0 Å². The molecule has 1 aromatic carbocycles. The van der Waals surface area contributed by atoms with E-state index in [0.717, 1.165) is 4.70 Å². The molecule has 0 aliphatic rings. The summed E-state index contributed by atoms with van der Waals surface area (Å²) in [5, 5.41) is 10.5. The molecule has 0 aliphatic heterocycles. The third-order valence-electron chi connectivity index (χ3n) is 2.09. The first kappa shape index (κ1) is 8.97. The lowest BCUT2D eigenvalue weighted by molar-refractivity contribution is 0.643. The molecular weight excluding hydrogens is 199 g/mol. The molecule has 0 aliphatic carbocycles. The molecule has 1 heterocycles. The van der Waals surface area contributed by atoms with E-state index in [9.17, 15) is 4.39 Å². The quantitative estimate of drug-likeness (QED) is 0.729. The fourth-order valence-corrected chi connectivity index (χ4v) is 2.28. The Bertz CT molecular complexity index is 525. The minimum absolute atomic E-state index is 0.150. The third kappa shape index (κ3) is 1.22. The summed E-state index contributed by atoms with van der Waals surface area (Å²) in [6.45, 7) is 0. The van der Waals surface area contributed by atoms with Crippen molar-refractivity contribution in [3.05, 3.63) is 28.9 Å². The Morgan fingerprint density at radius 1 is 1.50 bits per heavy atom. The van der Waals surface area contributed by atoms with Gasteiger partial charge in [0.2, 0.25) is 0 Å². The van der Waals surface area contributed by atoms with Gasteiger partial charge in [-0.05, 0) is 12.1 Å². The zero-order chi connectivity index (χ0) is 10.1. The van der Waals surface area contributed by atoms with Gasteiger partial charge in [0.25, 0.3) is 0 Å². The number of nitrogens with zero attached hydrogens (tertiary/aromatic N) is 1. The summed E-state index contributed by atoms with van der Waals surface area (Å²) in [4.78, 5) is 0. The lowest BCUT2D eigenvalue weighted by Gasteiger charge is -2.02. The Morgan fingerprint density at radius 2 is 2.29 bits per heavy atom. The largest absolute Gasteiger partial charge is 0.398 e. The van der Waals surface area contributed by atoms with E-state index in [1.165, 1.54) is 16.7 Å². The number of nitrogens with two attached hydrogens (primary N) is 1. The molecule has 14 heavy (non-hydrogen) atoms. The number of thiophene rings is 1. The highest BCUT2D eigenvalue weighted by atomic mass is 32.1. The number of fused-ring (bicyclic) bond motifs is 1. The highest BCUT2D eigenvalue weighted by Gasteiger charge is 2.11. The summed E-state index contributed by atoms with van der Waals surface area (Å²) in [5.41, 5.74) is 6.77. The van der Waals surface area contributed by atoms with E-state index in [0.29, 0.717) is 16.6 Å². The summed E-state index contributed by atoms with van der Waals surface area (Å²) >= 11 is 1.32. The average molecular weight is 206 g/mol. The number of anilines is 1. The number of halogens is 1. The van der Waals surface area contributed by atoms with Gasteiger partial charge in [-0.2, -0.15) is 5.26 Å². The summed E-state index contributed by atoms with van der Waals surface area (Å²) in [6, 6.07) is 5.48. The van der Waals surface area contributed by atoms with E-state index in [4.69, 9.17) is 11.0 Å². The Hall–Kier alpha value is -1.60. The second-order valence-corrected chi connectivity index (χ2v) is 3.84. The molecule has 2 N–H and O–H groups in total. The summed E-state index contributed by atoms with van der Waals surface area (Å²) in [6.07, 6.45) is 0.150. The molecule has 0 atom stereocenters. The molecule has 2 nitrogen and oxygen atoms in total. The van der Waals surface area contributed by atoms with Crippen LogP contribution in [0.4, 0.5) is 10.1 Å². The normalized spacial score (nSPS) is 10.3. The van der Waals surface area contributed by atoms with E-state index in [-0.39, 0.29) is 12.2 Å². The maximum Gasteiger partial charge on any atom is 0.142 e. The minimum atomic E-state index is -0.289. The summed E-state index contributed by atoms with van der Waals surface area (Å²) in [7, 11) is 0. The smallest absolute Gasteiger partial charge is 0.142 e. The van der Waals surface area contributed by atoms with Gasteiger partial charge in [0.1, 0.15) is 5.82 Å². The zero-order valence-corrected chi connectivity index (χ0v) is 8.07. The van der Waals surface area contributed by atoms with Gasteiger partial charge in [0, 0.05) is 26.7 Å². The first-order valence-electron chi connectivity index (χ1n) is 4.05. The van der Waals surface area contributed by atoms with Gasteiger partial charge in [0.15, 0.2) is 0 Å². The fourth-order valence-electron chi connectivity index (χ4n) is 1.45. The van der Waals surface area contributed by atoms with Gasteiger partial charge in [-0.25, -0.2) is 4.39 Å². The van der Waals surface area contributed by atoms with Crippen LogP contribution in [0, 0.1) is 17.1 Å². The number of hydrogen-bond acceptors (Lipinski definition) is 3. The molecule has 0 unspecified atom stereocenters. The van der Waals surface area contributed by atoms with Gasteiger partial charge >= 0.3 is 0 Å². The highest BCUT2D eigenvalue weighted by molar-refractivity contribution is 7.17. The number of nitriles is 1. The Kier molecular flexibility index (Phi) is 2.10. The third-order valence-corrected chi connectivity index (χ3v) is 3.01. The second-order valence-electron chi connectivity index (χ2n) is 2.93. The Balaban J connectivity index is 2.81. The van der Waals surface area contributed by atoms with Crippen LogP contribution in [0.15, 0.2) is 17.5 Å². The van der Waals surface area contributed by atoms with E-state index >= 15 is 0 Å². The van der Waals surface area contributed by atoms with Crippen molar-refractivity contribution in [1.29, 1.82) is 5.26 Å². The number of rotatable bonds is 1. The fraction of sp³-hybridized carbons (Fsp3) is 0.100. The van der Waals surface area contributed by atoms with E-state index in [1.807, 2.05) is 6.07 Å². The molecule has 0 amide bonds. The predicted molar refractivity (Wildman–Crippen MR) is 55.5 cm³/mol. The van der Waals surface area contributed by atoms with Gasteiger partial charge in [-0.15, -0.1) is 11.3 Å². The van der Waals surface area contributed by atoms with Crippen molar-refractivity contribution < 1.29 is 4.39 Å². The molecule has 2 aromatic rings. The molecule has 0 radical (unpaired) electrons. The van der Waals surface area contributed by atoms with Crippen LogP contribution in [0.5, 0.6) is 0 Å². The van der Waals surface area contributed by atoms with Crippen molar-refractivity contribution in [1.82, 2.24) is 0 Å². The molecule has 70 valence electrons. The van der Waals surface area contributed by atoms with E-state index < -0.39 is 0 Å². The molecule has 0 spiro atoms. The van der Waals surface area contributed by atoms with E-state index in [1.54, 1.807) is 12.1 Å². The van der Waals surface area contributed by atoms with Crippen molar-refractivity contribution in [2.24, 2.45) is 0 Å². The monoisotopic (exact) mass is 206 g/mol. The standard InChI is InChI=1S/C10H7FN2S/c11-7-5-14-9-2-1-8(13)6(3-4-12)10(7)9/h1-2,5H,3,13H2. The van der Waals surface area contributed by atoms with Crippen molar-refractivity contribution in [3.8, 4) is 6.07 Å². The van der Waals surface area contributed by atoms with Crippen LogP contribution in [0.2, 0.25) is 0 Å². The van der Waals surface area contributed by atoms with Crippen molar-refractivity contribution >= 4 is 27.1 Å². The molecule has 0 saturated heterocycles. The summed E-state index contributed by atoms with van der Waals surface area (Å²) < 4.78 is 14.2. The molecule has 4 heteroatoms. The van der Waals surface area contributed by atoms with Crippen LogP contribution in [0.3, 0.4) is 0 Å². The molecule has 2 rings (SSSR count). The van der Waals surface area contributed by atoms with Crippen molar-refractivity contribution in [2.75, 3.05) is 5.73 Å². The highest BCUT2D eigenvalue weighted by Crippen LogP contribution is 2.31. The van der Waals surface area contributed by atoms with Crippen LogP contribution < -0.4 is 5.73 Å². The van der Waals surface area contributed by atoms with Crippen molar-refractivity contribution in [2.45, 2.75) is 6.42 Å².